The average Bonchev–Trinajstić information content (AvgIpc) is 3.02. The standard InChI is InChI=1S/C23H36N4O4/c1-25(2)23(19-7-5-4-6-8-19)11-9-22(10-12-23)18-26(17-20(29)24-13-15-28)21(30)27(22)14-16-31-3/h4-8,28H,9-18H2,1-3H3,(H,24,29)/t22-,23-. The van der Waals surface area contributed by atoms with Crippen molar-refractivity contribution >= 4 is 11.9 Å². The molecule has 2 fully saturated rings. The molecule has 31 heavy (non-hydrogen) atoms. The van der Waals surface area contributed by atoms with Gasteiger partial charge in [0, 0.05) is 32.3 Å². The summed E-state index contributed by atoms with van der Waals surface area (Å²) in [7, 11) is 5.90. The molecule has 172 valence electrons. The van der Waals surface area contributed by atoms with Crippen LogP contribution < -0.4 is 5.32 Å². The first-order chi connectivity index (χ1) is 14.9. The second-order valence-corrected chi connectivity index (χ2v) is 8.87. The number of ether oxygens (including phenoxy) is 1. The molecule has 3 rings (SSSR count). The van der Waals surface area contributed by atoms with E-state index in [1.54, 1.807) is 12.0 Å². The Morgan fingerprint density at radius 3 is 2.45 bits per heavy atom. The zero-order valence-electron chi connectivity index (χ0n) is 19.0. The lowest BCUT2D eigenvalue weighted by Crippen LogP contribution is -2.56. The summed E-state index contributed by atoms with van der Waals surface area (Å²) in [6, 6.07) is 10.5. The highest BCUT2D eigenvalue weighted by Gasteiger charge is 2.54. The fourth-order valence-electron chi connectivity index (χ4n) is 5.24. The molecular weight excluding hydrogens is 396 g/mol. The highest BCUT2D eigenvalue weighted by molar-refractivity contribution is 5.86. The largest absolute Gasteiger partial charge is 0.395 e. The van der Waals surface area contributed by atoms with Gasteiger partial charge in [0.1, 0.15) is 6.54 Å². The lowest BCUT2D eigenvalue weighted by molar-refractivity contribution is -0.121. The van der Waals surface area contributed by atoms with Gasteiger partial charge in [0.15, 0.2) is 0 Å². The lowest BCUT2D eigenvalue weighted by Gasteiger charge is -2.51. The number of carbonyl (C=O) groups excluding carboxylic acids is 2. The molecule has 1 aromatic rings. The van der Waals surface area contributed by atoms with Crippen LogP contribution in [0.5, 0.6) is 0 Å². The second kappa shape index (κ2) is 9.97. The third-order valence-corrected chi connectivity index (χ3v) is 7.02. The molecule has 1 spiro atoms. The van der Waals surface area contributed by atoms with E-state index in [1.165, 1.54) is 5.56 Å². The zero-order chi connectivity index (χ0) is 22.5. The van der Waals surface area contributed by atoms with Gasteiger partial charge in [-0.2, -0.15) is 0 Å². The minimum Gasteiger partial charge on any atom is -0.395 e. The summed E-state index contributed by atoms with van der Waals surface area (Å²) in [4.78, 5) is 31.3. The van der Waals surface area contributed by atoms with Crippen LogP contribution in [0.2, 0.25) is 0 Å². The van der Waals surface area contributed by atoms with E-state index in [-0.39, 0.29) is 42.7 Å². The minimum absolute atomic E-state index is 0.0155. The van der Waals surface area contributed by atoms with Gasteiger partial charge in [-0.25, -0.2) is 4.79 Å². The molecule has 8 nitrogen and oxygen atoms in total. The van der Waals surface area contributed by atoms with Gasteiger partial charge in [0.2, 0.25) is 5.91 Å². The van der Waals surface area contributed by atoms with Crippen LogP contribution in [0.3, 0.4) is 0 Å². The van der Waals surface area contributed by atoms with Crippen molar-refractivity contribution in [3.05, 3.63) is 35.9 Å². The van der Waals surface area contributed by atoms with Crippen molar-refractivity contribution in [2.24, 2.45) is 0 Å². The lowest BCUT2D eigenvalue weighted by atomic mass is 9.68. The van der Waals surface area contributed by atoms with Gasteiger partial charge < -0.3 is 25.0 Å². The average molecular weight is 433 g/mol. The molecular formula is C23H36N4O4. The summed E-state index contributed by atoms with van der Waals surface area (Å²) in [6.07, 6.45) is 3.60. The molecule has 1 aliphatic carbocycles. The van der Waals surface area contributed by atoms with Crippen LogP contribution in [-0.4, -0.2) is 97.9 Å². The molecule has 0 atom stereocenters. The van der Waals surface area contributed by atoms with Crippen LogP contribution in [0.25, 0.3) is 0 Å². The minimum atomic E-state index is -0.291. The fourth-order valence-corrected chi connectivity index (χ4v) is 5.24. The molecule has 1 heterocycles. The summed E-state index contributed by atoms with van der Waals surface area (Å²) in [6.45, 7) is 1.62. The van der Waals surface area contributed by atoms with Crippen LogP contribution >= 0.6 is 0 Å². The van der Waals surface area contributed by atoms with E-state index in [0.717, 1.165) is 25.7 Å². The van der Waals surface area contributed by atoms with Gasteiger partial charge in [-0.15, -0.1) is 0 Å². The molecule has 2 aliphatic rings. The van der Waals surface area contributed by atoms with Crippen molar-refractivity contribution < 1.29 is 19.4 Å². The Morgan fingerprint density at radius 1 is 1.19 bits per heavy atom. The van der Waals surface area contributed by atoms with Crippen molar-refractivity contribution in [1.82, 2.24) is 20.0 Å². The smallest absolute Gasteiger partial charge is 0.321 e. The van der Waals surface area contributed by atoms with Crippen molar-refractivity contribution in [2.45, 2.75) is 36.8 Å². The molecule has 0 unspecified atom stereocenters. The first kappa shape index (κ1) is 23.5. The van der Waals surface area contributed by atoms with Gasteiger partial charge in [0.25, 0.3) is 0 Å². The van der Waals surface area contributed by atoms with Crippen molar-refractivity contribution in [1.29, 1.82) is 0 Å². The van der Waals surface area contributed by atoms with Gasteiger partial charge in [-0.3, -0.25) is 9.69 Å². The summed E-state index contributed by atoms with van der Waals surface area (Å²) in [5.74, 6) is -0.242. The van der Waals surface area contributed by atoms with E-state index < -0.39 is 0 Å². The number of aliphatic hydroxyl groups excluding tert-OH is 1. The second-order valence-electron chi connectivity index (χ2n) is 8.87. The number of urea groups is 1. The Labute approximate surface area is 185 Å². The number of hydrogen-bond acceptors (Lipinski definition) is 5. The first-order valence-corrected chi connectivity index (χ1v) is 11.0. The first-order valence-electron chi connectivity index (χ1n) is 11.0. The number of nitrogens with one attached hydrogen (secondary N) is 1. The summed E-state index contributed by atoms with van der Waals surface area (Å²) >= 11 is 0. The Kier molecular flexibility index (Phi) is 7.56. The maximum absolute atomic E-state index is 13.2. The third-order valence-electron chi connectivity index (χ3n) is 7.02. The molecule has 2 N–H and O–H groups in total. The summed E-state index contributed by atoms with van der Waals surface area (Å²) in [5.41, 5.74) is 0.957. The van der Waals surface area contributed by atoms with Crippen LogP contribution in [-0.2, 0) is 15.1 Å². The zero-order valence-corrected chi connectivity index (χ0v) is 19.0. The van der Waals surface area contributed by atoms with Crippen LogP contribution in [0.15, 0.2) is 30.3 Å². The number of aliphatic hydroxyl groups is 1. The highest BCUT2D eigenvalue weighted by Crippen LogP contribution is 2.48. The van der Waals surface area contributed by atoms with Crippen molar-refractivity contribution in [3.63, 3.8) is 0 Å². The van der Waals surface area contributed by atoms with E-state index in [2.05, 4.69) is 48.6 Å². The molecule has 1 saturated carbocycles. The molecule has 8 heteroatoms. The summed E-state index contributed by atoms with van der Waals surface area (Å²) in [5, 5.41) is 11.6. The number of benzene rings is 1. The predicted octanol–water partition coefficient (Wildman–Crippen LogP) is 1.25. The molecule has 3 amide bonds. The van der Waals surface area contributed by atoms with E-state index in [4.69, 9.17) is 9.84 Å². The Balaban J connectivity index is 1.80. The monoisotopic (exact) mass is 432 g/mol. The molecule has 1 saturated heterocycles. The molecule has 1 aromatic carbocycles. The van der Waals surface area contributed by atoms with Gasteiger partial charge in [-0.1, -0.05) is 30.3 Å². The van der Waals surface area contributed by atoms with Gasteiger partial charge in [-0.05, 0) is 45.3 Å². The number of rotatable bonds is 9. The van der Waals surface area contributed by atoms with E-state index in [1.807, 2.05) is 11.0 Å². The highest BCUT2D eigenvalue weighted by atomic mass is 16.5. The van der Waals surface area contributed by atoms with Crippen molar-refractivity contribution in [3.8, 4) is 0 Å². The quantitative estimate of drug-likeness (QED) is 0.614. The number of amides is 3. The fraction of sp³-hybridized carbons (Fsp3) is 0.652. The maximum Gasteiger partial charge on any atom is 0.321 e. The van der Waals surface area contributed by atoms with Crippen molar-refractivity contribution in [2.75, 3.05) is 60.6 Å². The third kappa shape index (κ3) is 4.71. The number of methoxy groups -OCH3 is 1. The Bertz CT molecular complexity index is 747. The molecule has 0 radical (unpaired) electrons. The molecule has 0 aromatic heterocycles. The van der Waals surface area contributed by atoms with Gasteiger partial charge in [0.05, 0.1) is 18.8 Å². The van der Waals surface area contributed by atoms with E-state index in [0.29, 0.717) is 19.7 Å². The maximum atomic E-state index is 13.2. The van der Waals surface area contributed by atoms with E-state index in [9.17, 15) is 9.59 Å². The molecule has 0 bridgehead atoms. The number of hydrogen-bond donors (Lipinski definition) is 2. The van der Waals surface area contributed by atoms with Gasteiger partial charge >= 0.3 is 6.03 Å². The normalized spacial score (nSPS) is 26.2. The number of carbonyl (C=O) groups is 2. The number of nitrogens with zero attached hydrogens (tertiary/aromatic N) is 3. The topological polar surface area (TPSA) is 85.3 Å². The SMILES string of the molecule is COCCN1C(=O)N(CC(=O)NCCO)C[C@]12CC[C@@](c1ccccc1)(N(C)C)CC2. The summed E-state index contributed by atoms with van der Waals surface area (Å²) < 4.78 is 5.28. The van der Waals surface area contributed by atoms with Crippen LogP contribution in [0, 0.1) is 0 Å². The Hall–Kier alpha value is -2.16. The van der Waals surface area contributed by atoms with E-state index >= 15 is 0 Å². The Morgan fingerprint density at radius 2 is 1.87 bits per heavy atom. The van der Waals surface area contributed by atoms with Crippen LogP contribution in [0.4, 0.5) is 4.79 Å². The predicted molar refractivity (Wildman–Crippen MR) is 119 cm³/mol. The molecule has 1 aliphatic heterocycles. The van der Waals surface area contributed by atoms with Crippen LogP contribution in [0.1, 0.15) is 31.2 Å².